The van der Waals surface area contributed by atoms with Crippen LogP contribution in [0.4, 0.5) is 5.13 Å². The first-order valence-electron chi connectivity index (χ1n) is 8.60. The van der Waals surface area contributed by atoms with E-state index in [1.54, 1.807) is 36.4 Å². The van der Waals surface area contributed by atoms with Gasteiger partial charge >= 0.3 is 0 Å². The Labute approximate surface area is 167 Å². The molecule has 0 bridgehead atoms. The Morgan fingerprint density at radius 1 is 1.04 bits per heavy atom. The van der Waals surface area contributed by atoms with Crippen molar-refractivity contribution in [1.29, 1.82) is 0 Å². The predicted molar refractivity (Wildman–Crippen MR) is 109 cm³/mol. The number of carbonyl (C=O) groups excluding carboxylic acids is 1. The van der Waals surface area contributed by atoms with Crippen molar-refractivity contribution in [2.75, 3.05) is 11.9 Å². The second-order valence-corrected chi connectivity index (χ2v) is 9.11. The van der Waals surface area contributed by atoms with E-state index in [0.717, 1.165) is 11.1 Å². The van der Waals surface area contributed by atoms with Crippen LogP contribution < -0.4 is 10.0 Å². The summed E-state index contributed by atoms with van der Waals surface area (Å²) in [5, 5.41) is 11.7. The zero-order valence-corrected chi connectivity index (χ0v) is 17.1. The minimum Gasteiger partial charge on any atom is -0.296 e. The molecule has 0 saturated heterocycles. The van der Waals surface area contributed by atoms with Gasteiger partial charge in [-0.15, -0.1) is 10.2 Å². The molecule has 2 aromatic carbocycles. The van der Waals surface area contributed by atoms with E-state index in [1.807, 2.05) is 26.0 Å². The summed E-state index contributed by atoms with van der Waals surface area (Å²) in [7, 11) is -3.56. The summed E-state index contributed by atoms with van der Waals surface area (Å²) in [6.07, 6.45) is 0.378. The second-order valence-electron chi connectivity index (χ2n) is 6.29. The molecule has 0 fully saturated rings. The van der Waals surface area contributed by atoms with Gasteiger partial charge in [-0.2, -0.15) is 0 Å². The summed E-state index contributed by atoms with van der Waals surface area (Å²) >= 11 is 1.22. The Hall–Kier alpha value is -2.62. The highest BCUT2D eigenvalue weighted by Crippen LogP contribution is 2.17. The van der Waals surface area contributed by atoms with Gasteiger partial charge in [0.15, 0.2) is 0 Å². The summed E-state index contributed by atoms with van der Waals surface area (Å²) in [4.78, 5) is 12.5. The largest absolute Gasteiger partial charge is 0.296 e. The highest BCUT2D eigenvalue weighted by Gasteiger charge is 2.14. The Morgan fingerprint density at radius 3 is 2.50 bits per heavy atom. The van der Waals surface area contributed by atoms with Crippen LogP contribution in [0.5, 0.6) is 0 Å². The van der Waals surface area contributed by atoms with Crippen molar-refractivity contribution in [3.05, 3.63) is 70.2 Å². The standard InChI is InChI=1S/C19H20N4O3S2/c1-13-6-8-16(9-7-13)28(25,26)20-11-10-17-22-23-19(27-17)21-18(24)15-5-3-4-14(2)12-15/h3-9,12,20H,10-11H2,1-2H3,(H,21,23,24). The van der Waals surface area contributed by atoms with E-state index in [0.29, 0.717) is 22.1 Å². The fraction of sp³-hybridized carbons (Fsp3) is 0.211. The number of benzene rings is 2. The number of sulfonamides is 1. The number of rotatable bonds is 7. The van der Waals surface area contributed by atoms with Crippen LogP contribution in [0.3, 0.4) is 0 Å². The van der Waals surface area contributed by atoms with Crippen LogP contribution in [0.15, 0.2) is 53.4 Å². The first kappa shape index (κ1) is 20.1. The van der Waals surface area contributed by atoms with Crippen LogP contribution in [0.2, 0.25) is 0 Å². The Morgan fingerprint density at radius 2 is 1.79 bits per heavy atom. The van der Waals surface area contributed by atoms with E-state index in [9.17, 15) is 13.2 Å². The van der Waals surface area contributed by atoms with Crippen molar-refractivity contribution < 1.29 is 13.2 Å². The molecular formula is C19H20N4O3S2. The lowest BCUT2D eigenvalue weighted by atomic mass is 10.1. The summed E-state index contributed by atoms with van der Waals surface area (Å²) in [6, 6.07) is 13.9. The van der Waals surface area contributed by atoms with Crippen molar-refractivity contribution in [3.8, 4) is 0 Å². The van der Waals surface area contributed by atoms with Crippen molar-refractivity contribution in [3.63, 3.8) is 0 Å². The van der Waals surface area contributed by atoms with Gasteiger partial charge < -0.3 is 0 Å². The van der Waals surface area contributed by atoms with Gasteiger partial charge in [0.2, 0.25) is 15.2 Å². The molecule has 0 unspecified atom stereocenters. The van der Waals surface area contributed by atoms with E-state index in [2.05, 4.69) is 20.2 Å². The number of nitrogens with one attached hydrogen (secondary N) is 2. The molecule has 0 aliphatic heterocycles. The fourth-order valence-electron chi connectivity index (χ4n) is 2.45. The van der Waals surface area contributed by atoms with E-state index in [1.165, 1.54) is 11.3 Å². The van der Waals surface area contributed by atoms with Gasteiger partial charge in [-0.3, -0.25) is 10.1 Å². The predicted octanol–water partition coefficient (Wildman–Crippen LogP) is 2.93. The molecular weight excluding hydrogens is 396 g/mol. The lowest BCUT2D eigenvalue weighted by molar-refractivity contribution is 0.102. The molecule has 2 N–H and O–H groups in total. The van der Waals surface area contributed by atoms with Crippen molar-refractivity contribution >= 4 is 32.4 Å². The molecule has 1 heterocycles. The average molecular weight is 417 g/mol. The molecule has 0 aliphatic rings. The summed E-state index contributed by atoms with van der Waals surface area (Å²) < 4.78 is 27.1. The van der Waals surface area contributed by atoms with Crippen LogP contribution in [0.1, 0.15) is 26.5 Å². The van der Waals surface area contributed by atoms with Gasteiger partial charge in [0.1, 0.15) is 5.01 Å². The van der Waals surface area contributed by atoms with Crippen molar-refractivity contribution in [2.24, 2.45) is 0 Å². The second kappa shape index (κ2) is 8.59. The van der Waals surface area contributed by atoms with E-state index < -0.39 is 10.0 Å². The van der Waals surface area contributed by atoms with Gasteiger partial charge in [-0.05, 0) is 38.1 Å². The van der Waals surface area contributed by atoms with Gasteiger partial charge in [-0.25, -0.2) is 13.1 Å². The molecule has 146 valence electrons. The molecule has 1 aromatic heterocycles. The molecule has 7 nitrogen and oxygen atoms in total. The molecule has 28 heavy (non-hydrogen) atoms. The number of aromatic nitrogens is 2. The summed E-state index contributed by atoms with van der Waals surface area (Å²) in [6.45, 7) is 4.00. The van der Waals surface area contributed by atoms with E-state index in [-0.39, 0.29) is 17.3 Å². The lowest BCUT2D eigenvalue weighted by Crippen LogP contribution is -2.25. The Kier molecular flexibility index (Phi) is 6.18. The Balaban J connectivity index is 1.55. The third kappa shape index (κ3) is 5.22. The number of amides is 1. The number of anilines is 1. The Bertz CT molecular complexity index is 1080. The van der Waals surface area contributed by atoms with Gasteiger partial charge in [0, 0.05) is 18.5 Å². The molecule has 0 atom stereocenters. The number of carbonyl (C=O) groups is 1. The van der Waals surface area contributed by atoms with Crippen molar-refractivity contribution in [2.45, 2.75) is 25.2 Å². The van der Waals surface area contributed by atoms with Gasteiger partial charge in [-0.1, -0.05) is 46.7 Å². The molecule has 3 rings (SSSR count). The third-order valence-electron chi connectivity index (χ3n) is 3.93. The first-order valence-corrected chi connectivity index (χ1v) is 10.9. The highest BCUT2D eigenvalue weighted by atomic mass is 32.2. The van der Waals surface area contributed by atoms with E-state index >= 15 is 0 Å². The van der Waals surface area contributed by atoms with Crippen molar-refractivity contribution in [1.82, 2.24) is 14.9 Å². The van der Waals surface area contributed by atoms with Crippen LogP contribution in [0, 0.1) is 13.8 Å². The van der Waals surface area contributed by atoms with Gasteiger partial charge in [0.25, 0.3) is 5.91 Å². The number of aryl methyl sites for hydroxylation is 2. The number of hydrogen-bond acceptors (Lipinski definition) is 6. The fourth-order valence-corrected chi connectivity index (χ4v) is 4.22. The maximum absolute atomic E-state index is 12.3. The van der Waals surface area contributed by atoms with E-state index in [4.69, 9.17) is 0 Å². The SMILES string of the molecule is Cc1ccc(S(=O)(=O)NCCc2nnc(NC(=O)c3cccc(C)c3)s2)cc1. The summed E-state index contributed by atoms with van der Waals surface area (Å²) in [5.41, 5.74) is 2.53. The molecule has 9 heteroatoms. The highest BCUT2D eigenvalue weighted by molar-refractivity contribution is 7.89. The van der Waals surface area contributed by atoms with Crippen LogP contribution in [-0.2, 0) is 16.4 Å². The minimum atomic E-state index is -3.56. The third-order valence-corrected chi connectivity index (χ3v) is 6.31. The van der Waals surface area contributed by atoms with Gasteiger partial charge in [0.05, 0.1) is 4.90 Å². The average Bonchev–Trinajstić information content (AvgIpc) is 3.09. The topological polar surface area (TPSA) is 101 Å². The molecule has 0 saturated carbocycles. The smallest absolute Gasteiger partial charge is 0.257 e. The maximum atomic E-state index is 12.3. The molecule has 0 aliphatic carbocycles. The first-order chi connectivity index (χ1) is 13.3. The van der Waals surface area contributed by atoms with Crippen LogP contribution in [0.25, 0.3) is 0 Å². The zero-order chi connectivity index (χ0) is 20.1. The summed E-state index contributed by atoms with van der Waals surface area (Å²) in [5.74, 6) is -0.258. The zero-order valence-electron chi connectivity index (χ0n) is 15.5. The quantitative estimate of drug-likeness (QED) is 0.617. The minimum absolute atomic E-state index is 0.191. The molecule has 0 spiro atoms. The number of nitrogens with zero attached hydrogens (tertiary/aromatic N) is 2. The molecule has 0 radical (unpaired) electrons. The van der Waals surface area contributed by atoms with Crippen LogP contribution >= 0.6 is 11.3 Å². The molecule has 1 amide bonds. The van der Waals surface area contributed by atoms with Crippen LogP contribution in [-0.4, -0.2) is 31.1 Å². The molecule has 3 aromatic rings. The normalized spacial score (nSPS) is 11.4. The lowest BCUT2D eigenvalue weighted by Gasteiger charge is -2.05. The monoisotopic (exact) mass is 416 g/mol. The number of hydrogen-bond donors (Lipinski definition) is 2. The maximum Gasteiger partial charge on any atom is 0.257 e.